The summed E-state index contributed by atoms with van der Waals surface area (Å²) in [6, 6.07) is 5.06. The molecule has 1 aromatic rings. The van der Waals surface area contributed by atoms with Crippen molar-refractivity contribution in [3.8, 4) is 0 Å². The predicted octanol–water partition coefficient (Wildman–Crippen LogP) is 2.13. The Balaban J connectivity index is 1.70. The van der Waals surface area contributed by atoms with Crippen molar-refractivity contribution in [2.24, 2.45) is 11.8 Å². The van der Waals surface area contributed by atoms with Gasteiger partial charge in [0, 0.05) is 19.6 Å². The SMILES string of the molecule is Fc1cccc(CN2C[C@H]3CNC[C@H]3C2)c1Cl. The molecule has 0 radical (unpaired) electrons. The Bertz CT molecular complexity index is 412. The molecule has 92 valence electrons. The molecule has 2 saturated heterocycles. The minimum Gasteiger partial charge on any atom is -0.316 e. The van der Waals surface area contributed by atoms with Crippen molar-refractivity contribution in [3.63, 3.8) is 0 Å². The molecule has 0 spiro atoms. The first-order valence-electron chi connectivity index (χ1n) is 6.10. The second kappa shape index (κ2) is 4.56. The van der Waals surface area contributed by atoms with Gasteiger partial charge in [0.1, 0.15) is 5.82 Å². The van der Waals surface area contributed by atoms with Gasteiger partial charge in [-0.25, -0.2) is 4.39 Å². The van der Waals surface area contributed by atoms with Crippen LogP contribution in [0.3, 0.4) is 0 Å². The Morgan fingerprint density at radius 3 is 2.71 bits per heavy atom. The lowest BCUT2D eigenvalue weighted by molar-refractivity contribution is 0.305. The van der Waals surface area contributed by atoms with Gasteiger partial charge in [0.2, 0.25) is 0 Å². The van der Waals surface area contributed by atoms with Crippen molar-refractivity contribution in [2.45, 2.75) is 6.54 Å². The molecule has 0 bridgehead atoms. The third-order valence-corrected chi connectivity index (χ3v) is 4.31. The van der Waals surface area contributed by atoms with Crippen molar-refractivity contribution in [1.82, 2.24) is 10.2 Å². The lowest BCUT2D eigenvalue weighted by atomic mass is 10.0. The molecule has 1 aromatic carbocycles. The molecule has 2 heterocycles. The maximum atomic E-state index is 13.3. The largest absolute Gasteiger partial charge is 0.316 e. The lowest BCUT2D eigenvalue weighted by Crippen LogP contribution is -2.25. The molecule has 0 amide bonds. The third-order valence-electron chi connectivity index (χ3n) is 3.89. The van der Waals surface area contributed by atoms with Crippen molar-refractivity contribution >= 4 is 11.6 Å². The van der Waals surface area contributed by atoms with E-state index < -0.39 is 0 Å². The van der Waals surface area contributed by atoms with Gasteiger partial charge in [-0.05, 0) is 36.6 Å². The molecule has 4 heteroatoms. The molecule has 17 heavy (non-hydrogen) atoms. The summed E-state index contributed by atoms with van der Waals surface area (Å²) in [5.41, 5.74) is 0.902. The van der Waals surface area contributed by atoms with Gasteiger partial charge in [0.05, 0.1) is 5.02 Å². The Labute approximate surface area is 106 Å². The van der Waals surface area contributed by atoms with Gasteiger partial charge in [-0.15, -0.1) is 0 Å². The first kappa shape index (κ1) is 11.5. The molecule has 0 unspecified atom stereocenters. The quantitative estimate of drug-likeness (QED) is 0.870. The summed E-state index contributed by atoms with van der Waals surface area (Å²) in [7, 11) is 0. The van der Waals surface area contributed by atoms with Crippen molar-refractivity contribution < 1.29 is 4.39 Å². The number of hydrogen-bond acceptors (Lipinski definition) is 2. The van der Waals surface area contributed by atoms with Crippen molar-refractivity contribution in [1.29, 1.82) is 0 Å². The second-order valence-corrected chi connectivity index (χ2v) is 5.46. The average molecular weight is 255 g/mol. The summed E-state index contributed by atoms with van der Waals surface area (Å²) in [6.07, 6.45) is 0. The smallest absolute Gasteiger partial charge is 0.142 e. The third kappa shape index (κ3) is 2.19. The molecule has 3 rings (SSSR count). The molecular formula is C13H16ClFN2. The fourth-order valence-corrected chi connectivity index (χ4v) is 3.18. The van der Waals surface area contributed by atoms with Crippen LogP contribution in [-0.4, -0.2) is 31.1 Å². The van der Waals surface area contributed by atoms with E-state index in [2.05, 4.69) is 10.2 Å². The monoisotopic (exact) mass is 254 g/mol. The molecule has 1 N–H and O–H groups in total. The Hall–Kier alpha value is -0.640. The van der Waals surface area contributed by atoms with Crippen molar-refractivity contribution in [3.05, 3.63) is 34.6 Å². The topological polar surface area (TPSA) is 15.3 Å². The van der Waals surface area contributed by atoms with E-state index in [1.54, 1.807) is 6.07 Å². The maximum Gasteiger partial charge on any atom is 0.142 e. The van der Waals surface area contributed by atoms with E-state index in [0.717, 1.165) is 50.1 Å². The van der Waals surface area contributed by atoms with Gasteiger partial charge >= 0.3 is 0 Å². The first-order valence-corrected chi connectivity index (χ1v) is 6.48. The van der Waals surface area contributed by atoms with E-state index in [1.165, 1.54) is 6.07 Å². The number of hydrogen-bond donors (Lipinski definition) is 1. The molecule has 2 nitrogen and oxygen atoms in total. The standard InChI is InChI=1S/C13H16ClFN2/c14-13-9(2-1-3-12(13)15)6-17-7-10-4-16-5-11(10)8-17/h1-3,10-11,16H,4-8H2/t10-,11+. The summed E-state index contributed by atoms with van der Waals surface area (Å²) >= 11 is 5.98. The Morgan fingerprint density at radius 1 is 1.29 bits per heavy atom. The number of nitrogens with zero attached hydrogens (tertiary/aromatic N) is 1. The highest BCUT2D eigenvalue weighted by Crippen LogP contribution is 2.29. The lowest BCUT2D eigenvalue weighted by Gasteiger charge is -2.17. The number of fused-ring (bicyclic) bond motifs is 1. The highest BCUT2D eigenvalue weighted by molar-refractivity contribution is 6.31. The van der Waals surface area contributed by atoms with E-state index in [9.17, 15) is 4.39 Å². The van der Waals surface area contributed by atoms with E-state index in [1.807, 2.05) is 6.07 Å². The molecular weight excluding hydrogens is 239 g/mol. The zero-order valence-corrected chi connectivity index (χ0v) is 10.4. The summed E-state index contributed by atoms with van der Waals surface area (Å²) < 4.78 is 13.3. The summed E-state index contributed by atoms with van der Waals surface area (Å²) in [5.74, 6) is 1.22. The maximum absolute atomic E-state index is 13.3. The number of rotatable bonds is 2. The van der Waals surface area contributed by atoms with E-state index in [4.69, 9.17) is 11.6 Å². The van der Waals surface area contributed by atoms with E-state index in [0.29, 0.717) is 0 Å². The van der Waals surface area contributed by atoms with Crippen LogP contribution >= 0.6 is 11.6 Å². The van der Waals surface area contributed by atoms with E-state index >= 15 is 0 Å². The van der Waals surface area contributed by atoms with Crippen LogP contribution in [0.2, 0.25) is 5.02 Å². The fourth-order valence-electron chi connectivity index (χ4n) is 2.99. The first-order chi connectivity index (χ1) is 8.24. The summed E-state index contributed by atoms with van der Waals surface area (Å²) in [5, 5.41) is 3.70. The Kier molecular flexibility index (Phi) is 3.07. The van der Waals surface area contributed by atoms with Crippen LogP contribution in [0.1, 0.15) is 5.56 Å². The van der Waals surface area contributed by atoms with Crippen LogP contribution in [0.5, 0.6) is 0 Å². The van der Waals surface area contributed by atoms with Gasteiger partial charge < -0.3 is 5.32 Å². The van der Waals surface area contributed by atoms with Crippen molar-refractivity contribution in [2.75, 3.05) is 26.2 Å². The minimum absolute atomic E-state index is 0.280. The molecule has 0 saturated carbocycles. The van der Waals surface area contributed by atoms with Gasteiger partial charge in [0.25, 0.3) is 0 Å². The van der Waals surface area contributed by atoms with Crippen LogP contribution < -0.4 is 5.32 Å². The number of likely N-dealkylation sites (tertiary alicyclic amines) is 1. The minimum atomic E-state index is -0.315. The molecule has 0 aliphatic carbocycles. The van der Waals surface area contributed by atoms with Gasteiger partial charge in [0.15, 0.2) is 0 Å². The summed E-state index contributed by atoms with van der Waals surface area (Å²) in [4.78, 5) is 2.39. The van der Waals surface area contributed by atoms with Crippen LogP contribution in [-0.2, 0) is 6.54 Å². The van der Waals surface area contributed by atoms with Crippen LogP contribution in [0.25, 0.3) is 0 Å². The number of benzene rings is 1. The number of nitrogens with one attached hydrogen (secondary N) is 1. The highest BCUT2D eigenvalue weighted by atomic mass is 35.5. The van der Waals surface area contributed by atoms with Crippen LogP contribution in [0.15, 0.2) is 18.2 Å². The molecule has 2 fully saturated rings. The normalized spacial score (nSPS) is 28.6. The fraction of sp³-hybridized carbons (Fsp3) is 0.538. The average Bonchev–Trinajstić information content (AvgIpc) is 2.85. The molecule has 2 aliphatic heterocycles. The Morgan fingerprint density at radius 2 is 2.00 bits per heavy atom. The highest BCUT2D eigenvalue weighted by Gasteiger charge is 2.35. The molecule has 2 aliphatic rings. The van der Waals surface area contributed by atoms with Gasteiger partial charge in [-0.2, -0.15) is 0 Å². The van der Waals surface area contributed by atoms with Crippen LogP contribution in [0, 0.1) is 17.7 Å². The van der Waals surface area contributed by atoms with Gasteiger partial charge in [-0.1, -0.05) is 23.7 Å². The molecule has 2 atom stereocenters. The molecule has 0 aromatic heterocycles. The van der Waals surface area contributed by atoms with Crippen LogP contribution in [0.4, 0.5) is 4.39 Å². The second-order valence-electron chi connectivity index (χ2n) is 5.09. The number of halogens is 2. The zero-order valence-electron chi connectivity index (χ0n) is 9.63. The predicted molar refractivity (Wildman–Crippen MR) is 66.5 cm³/mol. The summed E-state index contributed by atoms with van der Waals surface area (Å²) in [6.45, 7) is 5.22. The van der Waals surface area contributed by atoms with Gasteiger partial charge in [-0.3, -0.25) is 4.90 Å². The van der Waals surface area contributed by atoms with E-state index in [-0.39, 0.29) is 10.8 Å². The zero-order chi connectivity index (χ0) is 11.8.